The van der Waals surface area contributed by atoms with Gasteiger partial charge in [-0.15, -0.1) is 0 Å². The summed E-state index contributed by atoms with van der Waals surface area (Å²) < 4.78 is 38.4. The van der Waals surface area contributed by atoms with Gasteiger partial charge in [0.15, 0.2) is 11.2 Å². The molecule has 0 aliphatic heterocycles. The molecule has 3 heterocycles. The Labute approximate surface area is 202 Å². The molecule has 35 heavy (non-hydrogen) atoms. The van der Waals surface area contributed by atoms with E-state index in [0.29, 0.717) is 6.54 Å². The average molecular weight is 484 g/mol. The summed E-state index contributed by atoms with van der Waals surface area (Å²) in [5, 5.41) is 0. The summed E-state index contributed by atoms with van der Waals surface area (Å²) in [6.45, 7) is 0.414. The van der Waals surface area contributed by atoms with Gasteiger partial charge >= 0.3 is 5.65 Å². The van der Waals surface area contributed by atoms with E-state index in [1.807, 2.05) is 65.5 Å². The van der Waals surface area contributed by atoms with Gasteiger partial charge in [0, 0.05) is 17.5 Å². The number of benzene rings is 3. The van der Waals surface area contributed by atoms with Crippen LogP contribution in [0.2, 0.25) is 0 Å². The predicted octanol–water partition coefficient (Wildman–Crippen LogP) is 4.64. The van der Waals surface area contributed by atoms with E-state index in [-0.39, 0.29) is 12.2 Å². The summed E-state index contributed by atoms with van der Waals surface area (Å²) in [6.07, 6.45) is 4.20. The van der Waals surface area contributed by atoms with Crippen molar-refractivity contribution < 1.29 is 17.5 Å². The molecule has 0 aliphatic carbocycles. The van der Waals surface area contributed by atoms with Crippen molar-refractivity contribution in [3.8, 4) is 22.5 Å². The van der Waals surface area contributed by atoms with Gasteiger partial charge in [0.1, 0.15) is 6.20 Å². The highest BCUT2D eigenvalue weighted by atomic mass is 32.2. The molecule has 7 nitrogen and oxygen atoms in total. The van der Waals surface area contributed by atoms with Crippen LogP contribution in [0.5, 0.6) is 0 Å². The number of hydrogen-bond acceptors (Lipinski definition) is 3. The highest BCUT2D eigenvalue weighted by molar-refractivity contribution is 7.85. The first-order valence-corrected chi connectivity index (χ1v) is 13.0. The molecule has 0 saturated carbocycles. The molecule has 1 N–H and O–H groups in total. The van der Waals surface area contributed by atoms with Gasteiger partial charge in [0.25, 0.3) is 10.1 Å². The highest BCUT2D eigenvalue weighted by Gasteiger charge is 2.27. The van der Waals surface area contributed by atoms with E-state index in [1.165, 1.54) is 0 Å². The first-order valence-electron chi connectivity index (χ1n) is 11.4. The Morgan fingerprint density at radius 2 is 1.34 bits per heavy atom. The molecule has 3 aromatic carbocycles. The lowest BCUT2D eigenvalue weighted by atomic mass is 10.1. The number of fused-ring (bicyclic) bond motifs is 6. The number of imidazole rings is 2. The van der Waals surface area contributed by atoms with Crippen LogP contribution in [0.15, 0.2) is 97.3 Å². The van der Waals surface area contributed by atoms with Crippen molar-refractivity contribution in [2.75, 3.05) is 5.75 Å². The molecular formula is C27H23N4O3S+. The largest absolute Gasteiger partial charge is 0.331 e. The third-order valence-corrected chi connectivity index (χ3v) is 7.07. The standard InChI is InChI=1S/C27H22N4O3S/c32-35(33,34)17-9-16-29-19-25(21-12-5-2-6-13-21)31-23-15-8-7-14-22(23)30-24(18-28-26(30)27(29)31)20-10-3-1-4-11-20/h1-8,10-15,18-19H,9,16-17H2/p+1. The van der Waals surface area contributed by atoms with Crippen LogP contribution in [-0.4, -0.2) is 32.5 Å². The van der Waals surface area contributed by atoms with E-state index in [0.717, 1.165) is 44.8 Å². The predicted molar refractivity (Wildman–Crippen MR) is 136 cm³/mol. The third-order valence-electron chi connectivity index (χ3n) is 6.27. The van der Waals surface area contributed by atoms with Gasteiger partial charge in [-0.2, -0.15) is 12.8 Å². The molecule has 174 valence electrons. The summed E-state index contributed by atoms with van der Waals surface area (Å²) in [4.78, 5) is 4.85. The summed E-state index contributed by atoms with van der Waals surface area (Å²) >= 11 is 0. The topological polar surface area (TPSA) is 80.0 Å². The molecule has 0 spiro atoms. The summed E-state index contributed by atoms with van der Waals surface area (Å²) in [7, 11) is -4.04. The van der Waals surface area contributed by atoms with E-state index in [9.17, 15) is 13.0 Å². The number of aromatic nitrogens is 4. The first kappa shape index (κ1) is 21.5. The molecule has 0 aliphatic rings. The molecule has 8 heteroatoms. The van der Waals surface area contributed by atoms with Crippen LogP contribution in [-0.2, 0) is 16.7 Å². The molecule has 0 atom stereocenters. The van der Waals surface area contributed by atoms with Crippen molar-refractivity contribution in [1.29, 1.82) is 0 Å². The number of rotatable bonds is 6. The van der Waals surface area contributed by atoms with Crippen LogP contribution in [0, 0.1) is 0 Å². The Morgan fingerprint density at radius 3 is 1.97 bits per heavy atom. The Balaban J connectivity index is 1.71. The first-order chi connectivity index (χ1) is 17.0. The monoisotopic (exact) mass is 483 g/mol. The van der Waals surface area contributed by atoms with Crippen molar-refractivity contribution in [3.63, 3.8) is 0 Å². The Kier molecular flexibility index (Phi) is 5.12. The molecular weight excluding hydrogens is 460 g/mol. The quantitative estimate of drug-likeness (QED) is 0.277. The molecule has 0 amide bonds. The second kappa shape index (κ2) is 8.33. The fourth-order valence-electron chi connectivity index (χ4n) is 4.79. The fourth-order valence-corrected chi connectivity index (χ4v) is 5.28. The van der Waals surface area contributed by atoms with Crippen LogP contribution < -0.4 is 4.57 Å². The molecule has 0 saturated heterocycles. The van der Waals surface area contributed by atoms with Crippen LogP contribution in [0.1, 0.15) is 6.42 Å². The van der Waals surface area contributed by atoms with Crippen molar-refractivity contribution in [2.45, 2.75) is 13.0 Å². The van der Waals surface area contributed by atoms with E-state index in [1.54, 1.807) is 0 Å². The Morgan fingerprint density at radius 1 is 0.771 bits per heavy atom. The van der Waals surface area contributed by atoms with Gasteiger partial charge < -0.3 is 0 Å². The molecule has 0 radical (unpaired) electrons. The smallest absolute Gasteiger partial charge is 0.286 e. The van der Waals surface area contributed by atoms with Gasteiger partial charge in [0.05, 0.1) is 29.7 Å². The molecule has 6 aromatic rings. The maximum absolute atomic E-state index is 11.4. The van der Waals surface area contributed by atoms with Gasteiger partial charge in [-0.05, 0) is 12.1 Å². The number of para-hydroxylation sites is 2. The lowest BCUT2D eigenvalue weighted by molar-refractivity contribution is -0.669. The third kappa shape index (κ3) is 3.77. The Bertz CT molecular complexity index is 1790. The number of aryl methyl sites for hydroxylation is 1. The summed E-state index contributed by atoms with van der Waals surface area (Å²) in [5.41, 5.74) is 7.72. The molecule has 3 aromatic heterocycles. The molecule has 0 fully saturated rings. The summed E-state index contributed by atoms with van der Waals surface area (Å²) in [5.74, 6) is -0.300. The number of hydrogen-bond donors (Lipinski definition) is 1. The van der Waals surface area contributed by atoms with Crippen LogP contribution >= 0.6 is 0 Å². The van der Waals surface area contributed by atoms with Gasteiger partial charge in [-0.3, -0.25) is 8.95 Å². The van der Waals surface area contributed by atoms with Gasteiger partial charge in [-0.1, -0.05) is 72.8 Å². The van der Waals surface area contributed by atoms with Crippen molar-refractivity contribution in [1.82, 2.24) is 13.8 Å². The van der Waals surface area contributed by atoms with Crippen molar-refractivity contribution in [2.24, 2.45) is 0 Å². The zero-order valence-electron chi connectivity index (χ0n) is 18.8. The molecule has 6 rings (SSSR count). The fraction of sp³-hybridized carbons (Fsp3) is 0.111. The lowest BCUT2D eigenvalue weighted by Crippen LogP contribution is -2.34. The van der Waals surface area contributed by atoms with Gasteiger partial charge in [-0.25, -0.2) is 9.55 Å². The molecule has 0 bridgehead atoms. The van der Waals surface area contributed by atoms with Crippen molar-refractivity contribution in [3.05, 3.63) is 97.3 Å². The minimum atomic E-state index is -4.04. The zero-order chi connectivity index (χ0) is 24.0. The maximum Gasteiger partial charge on any atom is 0.331 e. The van der Waals surface area contributed by atoms with E-state index in [2.05, 4.69) is 45.2 Å². The van der Waals surface area contributed by atoms with E-state index >= 15 is 0 Å². The number of nitrogens with zero attached hydrogens (tertiary/aromatic N) is 4. The van der Waals surface area contributed by atoms with Crippen LogP contribution in [0.3, 0.4) is 0 Å². The van der Waals surface area contributed by atoms with Crippen LogP contribution in [0.4, 0.5) is 0 Å². The van der Waals surface area contributed by atoms with Gasteiger partial charge in [0.2, 0.25) is 5.65 Å². The normalized spacial score (nSPS) is 12.1. The zero-order valence-corrected chi connectivity index (χ0v) is 19.6. The molecule has 0 unspecified atom stereocenters. The van der Waals surface area contributed by atoms with Crippen LogP contribution in [0.25, 0.3) is 44.8 Å². The highest BCUT2D eigenvalue weighted by Crippen LogP contribution is 2.31. The lowest BCUT2D eigenvalue weighted by Gasteiger charge is -2.08. The Hall–Kier alpha value is -4.01. The SMILES string of the molecule is O=S(=O)(O)CCC[n+]1cc(-c2ccccc2)n2c3ccccc3n3c(-c4ccccc4)cnc3c21. The minimum Gasteiger partial charge on any atom is -0.286 e. The second-order valence-electron chi connectivity index (χ2n) is 8.53. The second-order valence-corrected chi connectivity index (χ2v) is 10.1. The maximum atomic E-state index is 11.4. The van der Waals surface area contributed by atoms with E-state index < -0.39 is 10.1 Å². The minimum absolute atomic E-state index is 0.280. The average Bonchev–Trinajstić information content (AvgIpc) is 3.47. The van der Waals surface area contributed by atoms with E-state index in [4.69, 9.17) is 4.98 Å². The summed E-state index contributed by atoms with van der Waals surface area (Å²) in [6, 6.07) is 28.5. The van der Waals surface area contributed by atoms with Crippen molar-refractivity contribution >= 4 is 32.4 Å².